The molecule has 0 bridgehead atoms. The van der Waals surface area contributed by atoms with E-state index in [4.69, 9.17) is 10.4 Å². The molecule has 1 aliphatic heterocycles. The molecule has 0 saturated heterocycles. The highest BCUT2D eigenvalue weighted by Gasteiger charge is 2.35. The maximum atomic E-state index is 11.4. The van der Waals surface area contributed by atoms with Crippen LogP contribution in [0.3, 0.4) is 0 Å². The van der Waals surface area contributed by atoms with Gasteiger partial charge in [-0.15, -0.1) is 0 Å². The molecular formula is C11H14N2O4. The highest BCUT2D eigenvalue weighted by molar-refractivity contribution is 6.01. The van der Waals surface area contributed by atoms with E-state index < -0.39 is 11.9 Å². The second kappa shape index (κ2) is 5.27. The Morgan fingerprint density at radius 3 is 2.24 bits per heavy atom. The summed E-state index contributed by atoms with van der Waals surface area (Å²) < 4.78 is 0. The maximum absolute atomic E-state index is 11.4. The molecule has 0 spiro atoms. The van der Waals surface area contributed by atoms with Gasteiger partial charge in [-0.05, 0) is 20.8 Å². The van der Waals surface area contributed by atoms with Crippen molar-refractivity contribution >= 4 is 11.8 Å². The van der Waals surface area contributed by atoms with Crippen LogP contribution in [0.25, 0.3) is 0 Å². The van der Waals surface area contributed by atoms with E-state index in [0.717, 1.165) is 0 Å². The van der Waals surface area contributed by atoms with Gasteiger partial charge in [0, 0.05) is 17.0 Å². The number of allylic oxidation sites excluding steroid dienone is 2. The summed E-state index contributed by atoms with van der Waals surface area (Å²) >= 11 is 0. The van der Waals surface area contributed by atoms with E-state index in [2.05, 4.69) is 5.32 Å². The first kappa shape index (κ1) is 14.9. The zero-order valence-corrected chi connectivity index (χ0v) is 9.79. The van der Waals surface area contributed by atoms with E-state index in [1.54, 1.807) is 13.8 Å². The fourth-order valence-corrected chi connectivity index (χ4v) is 1.86. The van der Waals surface area contributed by atoms with E-state index in [1.807, 2.05) is 6.07 Å². The zero-order chi connectivity index (χ0) is 12.5. The standard InChI is InChI=1S/C11H12N2O3.H2O/c1-5-8(4-12)10(11(15)16)9(7(3)14)6(2)13-5;/h10,13H,1-3H3,(H,15,16);1H2. The molecule has 1 aliphatic rings. The molecule has 1 heterocycles. The average molecular weight is 238 g/mol. The Morgan fingerprint density at radius 1 is 1.35 bits per heavy atom. The lowest BCUT2D eigenvalue weighted by Gasteiger charge is -2.25. The third-order valence-corrected chi connectivity index (χ3v) is 2.51. The fourth-order valence-electron chi connectivity index (χ4n) is 1.86. The smallest absolute Gasteiger partial charge is 0.316 e. The van der Waals surface area contributed by atoms with Gasteiger partial charge in [0.1, 0.15) is 5.92 Å². The van der Waals surface area contributed by atoms with Crippen LogP contribution in [0.4, 0.5) is 0 Å². The van der Waals surface area contributed by atoms with Crippen LogP contribution in [0, 0.1) is 17.2 Å². The lowest BCUT2D eigenvalue weighted by molar-refractivity contribution is -0.140. The predicted molar refractivity (Wildman–Crippen MR) is 59.6 cm³/mol. The number of aliphatic carboxylic acids is 1. The molecule has 0 fully saturated rings. The summed E-state index contributed by atoms with van der Waals surface area (Å²) in [4.78, 5) is 22.5. The van der Waals surface area contributed by atoms with Crippen LogP contribution in [-0.2, 0) is 9.59 Å². The first-order chi connectivity index (χ1) is 7.40. The molecule has 17 heavy (non-hydrogen) atoms. The van der Waals surface area contributed by atoms with Gasteiger partial charge in [0.15, 0.2) is 5.78 Å². The molecular weight excluding hydrogens is 224 g/mol. The van der Waals surface area contributed by atoms with Gasteiger partial charge in [0.2, 0.25) is 0 Å². The summed E-state index contributed by atoms with van der Waals surface area (Å²) in [7, 11) is 0. The first-order valence-corrected chi connectivity index (χ1v) is 4.72. The molecule has 0 saturated carbocycles. The number of hydrogen-bond donors (Lipinski definition) is 2. The second-order valence-electron chi connectivity index (χ2n) is 3.64. The van der Waals surface area contributed by atoms with Gasteiger partial charge in [-0.3, -0.25) is 9.59 Å². The summed E-state index contributed by atoms with van der Waals surface area (Å²) in [5.41, 5.74) is 1.21. The van der Waals surface area contributed by atoms with Crippen LogP contribution in [-0.4, -0.2) is 22.3 Å². The first-order valence-electron chi connectivity index (χ1n) is 4.72. The van der Waals surface area contributed by atoms with Crippen molar-refractivity contribution in [3.63, 3.8) is 0 Å². The second-order valence-corrected chi connectivity index (χ2v) is 3.64. The molecule has 0 aromatic carbocycles. The van der Waals surface area contributed by atoms with Crippen molar-refractivity contribution < 1.29 is 20.2 Å². The monoisotopic (exact) mass is 238 g/mol. The normalized spacial score (nSPS) is 19.1. The van der Waals surface area contributed by atoms with E-state index in [1.165, 1.54) is 6.92 Å². The number of hydrogen-bond acceptors (Lipinski definition) is 4. The van der Waals surface area contributed by atoms with Crippen LogP contribution in [0.2, 0.25) is 0 Å². The summed E-state index contributed by atoms with van der Waals surface area (Å²) in [5, 5.41) is 20.9. The lowest BCUT2D eigenvalue weighted by Crippen LogP contribution is -2.32. The Hall–Kier alpha value is -2.13. The fraction of sp³-hybridized carbons (Fsp3) is 0.364. The number of rotatable bonds is 2. The zero-order valence-electron chi connectivity index (χ0n) is 9.79. The third kappa shape index (κ3) is 2.52. The van der Waals surface area contributed by atoms with E-state index >= 15 is 0 Å². The van der Waals surface area contributed by atoms with Gasteiger partial charge in [0.05, 0.1) is 11.6 Å². The van der Waals surface area contributed by atoms with E-state index in [0.29, 0.717) is 11.4 Å². The highest BCUT2D eigenvalue weighted by Crippen LogP contribution is 2.29. The van der Waals surface area contributed by atoms with E-state index in [-0.39, 0.29) is 22.4 Å². The Balaban J connectivity index is 0.00000256. The van der Waals surface area contributed by atoms with Crippen LogP contribution < -0.4 is 5.32 Å². The minimum absolute atomic E-state index is 0. The highest BCUT2D eigenvalue weighted by atomic mass is 16.4. The number of ketones is 1. The van der Waals surface area contributed by atoms with Crippen LogP contribution >= 0.6 is 0 Å². The molecule has 0 aromatic heterocycles. The summed E-state index contributed by atoms with van der Waals surface area (Å²) in [6.07, 6.45) is 0. The van der Waals surface area contributed by atoms with Gasteiger partial charge < -0.3 is 15.9 Å². The molecule has 1 rings (SSSR count). The van der Waals surface area contributed by atoms with Gasteiger partial charge in [0.25, 0.3) is 0 Å². The molecule has 0 radical (unpaired) electrons. The van der Waals surface area contributed by atoms with Crippen molar-refractivity contribution in [2.24, 2.45) is 5.92 Å². The van der Waals surface area contributed by atoms with Gasteiger partial charge in [-0.25, -0.2) is 0 Å². The number of nitriles is 1. The van der Waals surface area contributed by atoms with Crippen molar-refractivity contribution in [3.8, 4) is 6.07 Å². The van der Waals surface area contributed by atoms with Crippen molar-refractivity contribution in [2.75, 3.05) is 0 Å². The average Bonchev–Trinajstić information content (AvgIpc) is 2.15. The molecule has 6 heteroatoms. The maximum Gasteiger partial charge on any atom is 0.316 e. The number of nitrogens with zero attached hydrogens (tertiary/aromatic N) is 1. The lowest BCUT2D eigenvalue weighted by atomic mass is 9.84. The Labute approximate surface area is 98.5 Å². The number of dihydropyridines is 1. The summed E-state index contributed by atoms with van der Waals surface area (Å²) in [6, 6.07) is 1.84. The quantitative estimate of drug-likeness (QED) is 0.707. The van der Waals surface area contributed by atoms with Gasteiger partial charge in [-0.2, -0.15) is 5.26 Å². The third-order valence-electron chi connectivity index (χ3n) is 2.51. The summed E-state index contributed by atoms with van der Waals surface area (Å²) in [5.74, 6) is -2.66. The number of carboxylic acid groups (broad SMARTS) is 1. The molecule has 0 aromatic rings. The van der Waals surface area contributed by atoms with E-state index in [9.17, 15) is 9.59 Å². The molecule has 92 valence electrons. The SMILES string of the molecule is CC(=O)C1=C(C)NC(C)=C(C#N)C1C(=O)O.O. The largest absolute Gasteiger partial charge is 0.481 e. The topological polar surface area (TPSA) is 122 Å². The molecule has 6 nitrogen and oxygen atoms in total. The Bertz CT molecular complexity index is 468. The predicted octanol–water partition coefficient (Wildman–Crippen LogP) is 0.126. The van der Waals surface area contributed by atoms with Crippen molar-refractivity contribution in [1.29, 1.82) is 5.26 Å². The minimum Gasteiger partial charge on any atom is -0.481 e. The number of nitrogens with one attached hydrogen (secondary N) is 1. The molecule has 0 aliphatic carbocycles. The van der Waals surface area contributed by atoms with Crippen molar-refractivity contribution in [3.05, 3.63) is 22.5 Å². The summed E-state index contributed by atoms with van der Waals surface area (Å²) in [6.45, 7) is 4.55. The molecule has 4 N–H and O–H groups in total. The molecule has 1 atom stereocenters. The minimum atomic E-state index is -1.18. The van der Waals surface area contributed by atoms with Gasteiger partial charge >= 0.3 is 5.97 Å². The Kier molecular flexibility index (Phi) is 4.61. The van der Waals surface area contributed by atoms with Gasteiger partial charge in [-0.1, -0.05) is 0 Å². The van der Waals surface area contributed by atoms with Crippen LogP contribution in [0.5, 0.6) is 0 Å². The molecule has 0 amide bonds. The Morgan fingerprint density at radius 2 is 1.88 bits per heavy atom. The number of carbonyl (C=O) groups excluding carboxylic acids is 1. The van der Waals surface area contributed by atoms with Crippen LogP contribution in [0.15, 0.2) is 22.5 Å². The van der Waals surface area contributed by atoms with Crippen molar-refractivity contribution in [2.45, 2.75) is 20.8 Å². The van der Waals surface area contributed by atoms with Crippen molar-refractivity contribution in [1.82, 2.24) is 5.32 Å². The molecule has 1 unspecified atom stereocenters. The number of carboxylic acids is 1. The van der Waals surface area contributed by atoms with Crippen LogP contribution in [0.1, 0.15) is 20.8 Å². The number of carbonyl (C=O) groups is 2. The number of Topliss-reactive ketones (excluding diaryl/α,β-unsaturated/α-hetero) is 1.